The van der Waals surface area contributed by atoms with Crippen molar-refractivity contribution in [2.75, 3.05) is 13.1 Å². The van der Waals surface area contributed by atoms with Crippen LogP contribution >= 0.6 is 0 Å². The molecule has 3 nitrogen and oxygen atoms in total. The largest absolute Gasteiger partial charge is 0.357 e. The minimum atomic E-state index is 0.213. The molecule has 0 spiro atoms. The first-order chi connectivity index (χ1) is 9.72. The molecule has 0 atom stereocenters. The first-order valence-corrected chi connectivity index (χ1v) is 7.17. The predicted molar refractivity (Wildman–Crippen MR) is 79.8 cm³/mol. The van der Waals surface area contributed by atoms with Crippen LogP contribution in [0.4, 0.5) is 0 Å². The van der Waals surface area contributed by atoms with Gasteiger partial charge in [0.25, 0.3) is 0 Å². The maximum Gasteiger partial charge on any atom is 0.178 e. The summed E-state index contributed by atoms with van der Waals surface area (Å²) in [5.74, 6) is 0.213. The molecule has 0 amide bonds. The first-order valence-electron chi connectivity index (χ1n) is 7.17. The van der Waals surface area contributed by atoms with E-state index in [0.29, 0.717) is 6.54 Å². The van der Waals surface area contributed by atoms with Crippen molar-refractivity contribution in [1.82, 2.24) is 9.47 Å². The molecule has 20 heavy (non-hydrogen) atoms. The third kappa shape index (κ3) is 2.83. The van der Waals surface area contributed by atoms with Gasteiger partial charge in [-0.15, -0.1) is 0 Å². The summed E-state index contributed by atoms with van der Waals surface area (Å²) >= 11 is 0. The van der Waals surface area contributed by atoms with Gasteiger partial charge in [0.2, 0.25) is 0 Å². The molecule has 104 valence electrons. The van der Waals surface area contributed by atoms with Crippen LogP contribution in [0.25, 0.3) is 0 Å². The summed E-state index contributed by atoms with van der Waals surface area (Å²) in [6, 6.07) is 10.5. The summed E-state index contributed by atoms with van der Waals surface area (Å²) in [5, 5.41) is 0. The highest BCUT2D eigenvalue weighted by molar-refractivity contribution is 5.97. The van der Waals surface area contributed by atoms with Gasteiger partial charge in [-0.1, -0.05) is 24.3 Å². The average Bonchev–Trinajstić information content (AvgIpc) is 2.77. The monoisotopic (exact) mass is 268 g/mol. The number of hydrogen-bond acceptors (Lipinski definition) is 2. The van der Waals surface area contributed by atoms with Gasteiger partial charge in [-0.2, -0.15) is 0 Å². The van der Waals surface area contributed by atoms with E-state index in [0.717, 1.165) is 31.5 Å². The van der Waals surface area contributed by atoms with Gasteiger partial charge in [0.1, 0.15) is 0 Å². The summed E-state index contributed by atoms with van der Waals surface area (Å²) in [7, 11) is 1.94. The third-order valence-electron chi connectivity index (χ3n) is 3.95. The zero-order chi connectivity index (χ0) is 13.9. The molecule has 0 saturated heterocycles. The van der Waals surface area contributed by atoms with Crippen molar-refractivity contribution in [3.8, 4) is 0 Å². The number of benzene rings is 1. The van der Waals surface area contributed by atoms with Gasteiger partial charge in [-0.05, 0) is 36.6 Å². The number of carbonyl (C=O) groups excluding carboxylic acids is 1. The van der Waals surface area contributed by atoms with E-state index < -0.39 is 0 Å². The van der Waals surface area contributed by atoms with Crippen LogP contribution < -0.4 is 0 Å². The number of fused-ring (bicyclic) bond motifs is 1. The summed E-state index contributed by atoms with van der Waals surface area (Å²) in [6.07, 6.45) is 6.06. The minimum absolute atomic E-state index is 0.213. The van der Waals surface area contributed by atoms with Crippen molar-refractivity contribution in [2.45, 2.75) is 19.4 Å². The van der Waals surface area contributed by atoms with Crippen molar-refractivity contribution in [2.24, 2.45) is 7.05 Å². The van der Waals surface area contributed by atoms with Gasteiger partial charge in [-0.3, -0.25) is 9.69 Å². The number of aryl methyl sites for hydroxylation is 2. The Hall–Kier alpha value is -1.87. The molecule has 0 aliphatic carbocycles. The molecule has 1 aliphatic rings. The topological polar surface area (TPSA) is 25.2 Å². The van der Waals surface area contributed by atoms with Gasteiger partial charge in [-0.25, -0.2) is 0 Å². The molecule has 0 bridgehead atoms. The highest BCUT2D eigenvalue weighted by atomic mass is 16.1. The Labute approximate surface area is 119 Å². The summed E-state index contributed by atoms with van der Waals surface area (Å²) in [4.78, 5) is 14.6. The highest BCUT2D eigenvalue weighted by Crippen LogP contribution is 2.18. The predicted octanol–water partition coefficient (Wildman–Crippen LogP) is 2.66. The highest BCUT2D eigenvalue weighted by Gasteiger charge is 2.17. The summed E-state index contributed by atoms with van der Waals surface area (Å²) < 4.78 is 1.92. The van der Waals surface area contributed by atoms with Gasteiger partial charge in [0.15, 0.2) is 5.78 Å². The van der Waals surface area contributed by atoms with Crippen LogP contribution in [0.1, 0.15) is 27.9 Å². The second kappa shape index (κ2) is 5.63. The average molecular weight is 268 g/mol. The van der Waals surface area contributed by atoms with Crippen LogP contribution in [0.15, 0.2) is 42.7 Å². The summed E-state index contributed by atoms with van der Waals surface area (Å²) in [5.41, 5.74) is 3.61. The van der Waals surface area contributed by atoms with E-state index in [1.807, 2.05) is 30.1 Å². The van der Waals surface area contributed by atoms with Crippen molar-refractivity contribution < 1.29 is 4.79 Å². The number of hydrogen-bond donors (Lipinski definition) is 0. The molecule has 2 aromatic rings. The van der Waals surface area contributed by atoms with Crippen LogP contribution in [0.2, 0.25) is 0 Å². The van der Waals surface area contributed by atoms with E-state index in [-0.39, 0.29) is 5.78 Å². The molecule has 2 heterocycles. The maximum absolute atomic E-state index is 12.3. The van der Waals surface area contributed by atoms with E-state index in [1.165, 1.54) is 11.1 Å². The lowest BCUT2D eigenvalue weighted by atomic mass is 10.0. The molecule has 3 heteroatoms. The lowest BCUT2D eigenvalue weighted by Crippen LogP contribution is -2.29. The first kappa shape index (κ1) is 13.1. The van der Waals surface area contributed by atoms with Crippen molar-refractivity contribution >= 4 is 5.78 Å². The summed E-state index contributed by atoms with van der Waals surface area (Å²) in [6.45, 7) is 2.39. The van der Waals surface area contributed by atoms with Crippen molar-refractivity contribution in [3.63, 3.8) is 0 Å². The molecule has 0 unspecified atom stereocenters. The van der Waals surface area contributed by atoms with Gasteiger partial charge >= 0.3 is 0 Å². The molecule has 1 aromatic carbocycles. The Kier molecular flexibility index (Phi) is 3.70. The van der Waals surface area contributed by atoms with Crippen molar-refractivity contribution in [1.29, 1.82) is 0 Å². The number of Topliss-reactive ketones (excluding diaryl/α,β-unsaturated/α-hetero) is 1. The molecule has 0 fully saturated rings. The second-order valence-electron chi connectivity index (χ2n) is 5.57. The molecule has 1 aliphatic heterocycles. The Balaban J connectivity index is 1.71. The van der Waals surface area contributed by atoms with E-state index in [4.69, 9.17) is 0 Å². The molecule has 0 radical (unpaired) electrons. The maximum atomic E-state index is 12.3. The van der Waals surface area contributed by atoms with E-state index >= 15 is 0 Å². The van der Waals surface area contributed by atoms with Crippen molar-refractivity contribution in [3.05, 3.63) is 59.4 Å². The molecule has 1 aromatic heterocycles. The zero-order valence-electron chi connectivity index (χ0n) is 11.9. The van der Waals surface area contributed by atoms with Crippen LogP contribution in [0.5, 0.6) is 0 Å². The Bertz CT molecular complexity index is 615. The number of ketones is 1. The molecular formula is C17H20N2O. The van der Waals surface area contributed by atoms with Crippen LogP contribution in [-0.2, 0) is 20.0 Å². The van der Waals surface area contributed by atoms with E-state index in [1.54, 1.807) is 0 Å². The standard InChI is InChI=1S/C17H20N2O/c1-18-10-8-16(11-18)17(20)13-19-9-4-7-14-5-2-3-6-15(14)12-19/h2-3,5-6,8,10-11H,4,7,9,12-13H2,1H3. The Morgan fingerprint density at radius 2 is 2.00 bits per heavy atom. The second-order valence-corrected chi connectivity index (χ2v) is 5.57. The number of aromatic nitrogens is 1. The normalized spacial score (nSPS) is 15.7. The molecular weight excluding hydrogens is 248 g/mol. The number of rotatable bonds is 3. The zero-order valence-corrected chi connectivity index (χ0v) is 11.9. The quantitative estimate of drug-likeness (QED) is 0.800. The lowest BCUT2D eigenvalue weighted by molar-refractivity contribution is 0.0927. The van der Waals surface area contributed by atoms with Gasteiger partial charge < -0.3 is 4.57 Å². The number of carbonyl (C=O) groups is 1. The van der Waals surface area contributed by atoms with Crippen LogP contribution in [-0.4, -0.2) is 28.3 Å². The Morgan fingerprint density at radius 1 is 1.20 bits per heavy atom. The lowest BCUT2D eigenvalue weighted by Gasteiger charge is -2.19. The molecule has 0 N–H and O–H groups in total. The molecule has 0 saturated carbocycles. The fourth-order valence-electron chi connectivity index (χ4n) is 2.87. The van der Waals surface area contributed by atoms with Crippen LogP contribution in [0.3, 0.4) is 0 Å². The van der Waals surface area contributed by atoms with E-state index in [9.17, 15) is 4.79 Å². The van der Waals surface area contributed by atoms with E-state index in [2.05, 4.69) is 29.2 Å². The SMILES string of the molecule is Cn1ccc(C(=O)CN2CCCc3ccccc3C2)c1. The van der Waals surface area contributed by atoms with Gasteiger partial charge in [0, 0.05) is 31.5 Å². The third-order valence-corrected chi connectivity index (χ3v) is 3.95. The fourth-order valence-corrected chi connectivity index (χ4v) is 2.87. The van der Waals surface area contributed by atoms with Crippen LogP contribution in [0, 0.1) is 0 Å². The van der Waals surface area contributed by atoms with Gasteiger partial charge in [0.05, 0.1) is 6.54 Å². The number of nitrogens with zero attached hydrogens (tertiary/aromatic N) is 2. The molecule has 3 rings (SSSR count). The minimum Gasteiger partial charge on any atom is -0.357 e. The Morgan fingerprint density at radius 3 is 2.75 bits per heavy atom. The smallest absolute Gasteiger partial charge is 0.178 e. The fraction of sp³-hybridized carbons (Fsp3) is 0.353.